The number of hydrogen-bond donors (Lipinski definition) is 0. The molecule has 0 N–H and O–H groups in total. The average Bonchev–Trinajstić information content (AvgIpc) is 2.66. The maximum Gasteiger partial charge on any atom is 0.326 e. The fraction of sp³-hybridized carbons (Fsp3) is 0.150. The lowest BCUT2D eigenvalue weighted by molar-refractivity contribution is -0.141. The number of benzene rings is 3. The Bertz CT molecular complexity index is 1130. The second-order valence-corrected chi connectivity index (χ2v) is 7.78. The number of sulfonamides is 1. The summed E-state index contributed by atoms with van der Waals surface area (Å²) < 4.78 is 59.5. The molecule has 0 heterocycles. The van der Waals surface area contributed by atoms with Crippen LogP contribution in [-0.4, -0.2) is 27.5 Å². The van der Waals surface area contributed by atoms with Crippen LogP contribution in [0.1, 0.15) is 6.92 Å². The predicted octanol–water partition coefficient (Wildman–Crippen LogP) is 3.88. The maximum atomic E-state index is 14.3. The van der Waals surface area contributed by atoms with Gasteiger partial charge in [0, 0.05) is 6.07 Å². The van der Waals surface area contributed by atoms with Gasteiger partial charge in [0.25, 0.3) is 10.0 Å². The van der Waals surface area contributed by atoms with E-state index < -0.39 is 39.9 Å². The summed E-state index contributed by atoms with van der Waals surface area (Å²) in [7, 11) is -4.32. The molecule has 0 atom stereocenters. The minimum absolute atomic E-state index is 0.0363. The summed E-state index contributed by atoms with van der Waals surface area (Å²) in [5.74, 6) is -2.82. The summed E-state index contributed by atoms with van der Waals surface area (Å²) in [4.78, 5) is 11.8. The number of nitrogens with zero attached hydrogens (tertiary/aromatic N) is 1. The van der Waals surface area contributed by atoms with Gasteiger partial charge in [-0.05, 0) is 42.0 Å². The molecule has 28 heavy (non-hydrogen) atoms. The number of rotatable bonds is 6. The van der Waals surface area contributed by atoms with Gasteiger partial charge in [0.15, 0.2) is 0 Å². The SMILES string of the molecule is CCOC(=O)CN(c1ccc(F)cc1F)S(=O)(=O)c1ccc2ccccc2c1. The summed E-state index contributed by atoms with van der Waals surface area (Å²) in [5.41, 5.74) is -0.442. The molecule has 0 aliphatic heterocycles. The molecule has 0 aliphatic carbocycles. The van der Waals surface area contributed by atoms with Crippen LogP contribution in [0, 0.1) is 11.6 Å². The van der Waals surface area contributed by atoms with Crippen LogP contribution in [0.15, 0.2) is 65.6 Å². The third kappa shape index (κ3) is 3.96. The van der Waals surface area contributed by atoms with Gasteiger partial charge in [-0.15, -0.1) is 0 Å². The van der Waals surface area contributed by atoms with Crippen molar-refractivity contribution >= 4 is 32.5 Å². The number of anilines is 1. The molecule has 0 unspecified atom stereocenters. The summed E-state index contributed by atoms with van der Waals surface area (Å²) in [6.45, 7) is 0.860. The van der Waals surface area contributed by atoms with Crippen molar-refractivity contribution in [2.24, 2.45) is 0 Å². The van der Waals surface area contributed by atoms with Crippen LogP contribution in [0.25, 0.3) is 10.8 Å². The van der Waals surface area contributed by atoms with E-state index in [0.29, 0.717) is 15.8 Å². The van der Waals surface area contributed by atoms with Crippen LogP contribution in [-0.2, 0) is 19.6 Å². The Morgan fingerprint density at radius 3 is 2.39 bits per heavy atom. The molecule has 5 nitrogen and oxygen atoms in total. The smallest absolute Gasteiger partial charge is 0.326 e. The van der Waals surface area contributed by atoms with Crippen molar-refractivity contribution in [2.75, 3.05) is 17.5 Å². The largest absolute Gasteiger partial charge is 0.465 e. The highest BCUT2D eigenvalue weighted by atomic mass is 32.2. The number of carbonyl (C=O) groups is 1. The molecule has 0 aromatic heterocycles. The van der Waals surface area contributed by atoms with Crippen molar-refractivity contribution in [3.63, 3.8) is 0 Å². The number of hydrogen-bond acceptors (Lipinski definition) is 4. The van der Waals surface area contributed by atoms with E-state index in [2.05, 4.69) is 0 Å². The van der Waals surface area contributed by atoms with Crippen molar-refractivity contribution < 1.29 is 26.7 Å². The number of carbonyl (C=O) groups excluding carboxylic acids is 1. The Hall–Kier alpha value is -3.00. The Labute approximate surface area is 161 Å². The lowest BCUT2D eigenvalue weighted by Gasteiger charge is -2.24. The maximum absolute atomic E-state index is 14.3. The van der Waals surface area contributed by atoms with Crippen molar-refractivity contribution in [3.8, 4) is 0 Å². The van der Waals surface area contributed by atoms with Crippen LogP contribution in [0.4, 0.5) is 14.5 Å². The fourth-order valence-electron chi connectivity index (χ4n) is 2.76. The van der Waals surface area contributed by atoms with Crippen molar-refractivity contribution in [1.82, 2.24) is 0 Å². The molecule has 3 aromatic carbocycles. The van der Waals surface area contributed by atoms with Crippen LogP contribution in [0.5, 0.6) is 0 Å². The zero-order valence-electron chi connectivity index (χ0n) is 14.9. The predicted molar refractivity (Wildman–Crippen MR) is 101 cm³/mol. The lowest BCUT2D eigenvalue weighted by atomic mass is 10.1. The molecule has 8 heteroatoms. The first-order chi connectivity index (χ1) is 13.3. The monoisotopic (exact) mass is 405 g/mol. The molecular weight excluding hydrogens is 388 g/mol. The van der Waals surface area contributed by atoms with E-state index in [9.17, 15) is 22.0 Å². The fourth-order valence-corrected chi connectivity index (χ4v) is 4.21. The molecule has 0 bridgehead atoms. The molecule has 0 aliphatic rings. The molecule has 0 radical (unpaired) electrons. The lowest BCUT2D eigenvalue weighted by Crippen LogP contribution is -2.37. The average molecular weight is 405 g/mol. The first-order valence-electron chi connectivity index (χ1n) is 8.45. The Kier molecular flexibility index (Phi) is 5.60. The third-order valence-electron chi connectivity index (χ3n) is 4.07. The van der Waals surface area contributed by atoms with Gasteiger partial charge in [0.1, 0.15) is 18.2 Å². The number of fused-ring (bicyclic) bond motifs is 1. The van der Waals surface area contributed by atoms with Gasteiger partial charge in [-0.3, -0.25) is 9.10 Å². The van der Waals surface area contributed by atoms with Gasteiger partial charge in [-0.1, -0.05) is 30.3 Å². The quantitative estimate of drug-likeness (QED) is 0.584. The Morgan fingerprint density at radius 1 is 1.00 bits per heavy atom. The molecule has 0 spiro atoms. The molecule has 3 rings (SSSR count). The van der Waals surface area contributed by atoms with Gasteiger partial charge in [0.05, 0.1) is 17.2 Å². The first kappa shape index (κ1) is 19.8. The summed E-state index contributed by atoms with van der Waals surface area (Å²) in [6.07, 6.45) is 0. The highest BCUT2D eigenvalue weighted by Crippen LogP contribution is 2.28. The van der Waals surface area contributed by atoms with E-state index in [1.807, 2.05) is 12.1 Å². The number of ether oxygens (including phenoxy) is 1. The van der Waals surface area contributed by atoms with Crippen molar-refractivity contribution in [2.45, 2.75) is 11.8 Å². The molecule has 0 saturated carbocycles. The summed E-state index contributed by atoms with van der Waals surface area (Å²) in [5, 5.41) is 1.49. The number of esters is 1. The van der Waals surface area contributed by atoms with E-state index in [-0.39, 0.29) is 11.5 Å². The van der Waals surface area contributed by atoms with E-state index >= 15 is 0 Å². The van der Waals surface area contributed by atoms with E-state index in [0.717, 1.165) is 17.5 Å². The van der Waals surface area contributed by atoms with Crippen LogP contribution >= 0.6 is 0 Å². The Morgan fingerprint density at radius 2 is 1.71 bits per heavy atom. The second-order valence-electron chi connectivity index (χ2n) is 5.92. The normalized spacial score (nSPS) is 11.4. The molecule has 0 amide bonds. The molecule has 0 saturated heterocycles. The minimum atomic E-state index is -4.32. The van der Waals surface area contributed by atoms with E-state index in [4.69, 9.17) is 4.74 Å². The van der Waals surface area contributed by atoms with Gasteiger partial charge >= 0.3 is 5.97 Å². The van der Waals surface area contributed by atoms with Gasteiger partial charge in [-0.2, -0.15) is 0 Å². The van der Waals surface area contributed by atoms with Crippen LogP contribution in [0.2, 0.25) is 0 Å². The highest BCUT2D eigenvalue weighted by molar-refractivity contribution is 7.92. The number of halogens is 2. The van der Waals surface area contributed by atoms with Crippen LogP contribution in [0.3, 0.4) is 0 Å². The minimum Gasteiger partial charge on any atom is -0.465 e. The van der Waals surface area contributed by atoms with Crippen molar-refractivity contribution in [1.29, 1.82) is 0 Å². The third-order valence-corrected chi connectivity index (χ3v) is 5.82. The van der Waals surface area contributed by atoms with Crippen LogP contribution < -0.4 is 4.31 Å². The van der Waals surface area contributed by atoms with E-state index in [1.165, 1.54) is 12.1 Å². The van der Waals surface area contributed by atoms with E-state index in [1.54, 1.807) is 25.1 Å². The first-order valence-corrected chi connectivity index (χ1v) is 9.89. The van der Waals surface area contributed by atoms with Gasteiger partial charge in [-0.25, -0.2) is 17.2 Å². The highest BCUT2D eigenvalue weighted by Gasteiger charge is 2.30. The molecule has 3 aromatic rings. The molecule has 146 valence electrons. The Balaban J connectivity index is 2.12. The molecular formula is C20H17F2NO4S. The summed E-state index contributed by atoms with van der Waals surface area (Å²) >= 11 is 0. The van der Waals surface area contributed by atoms with Gasteiger partial charge < -0.3 is 4.74 Å². The zero-order valence-corrected chi connectivity index (χ0v) is 15.7. The topological polar surface area (TPSA) is 63.7 Å². The standard InChI is InChI=1S/C20H17F2NO4S/c1-2-27-20(24)13-23(19-10-8-16(21)12-18(19)22)28(25,26)17-9-7-14-5-3-4-6-15(14)11-17/h3-12H,2,13H2,1H3. The van der Waals surface area contributed by atoms with Crippen molar-refractivity contribution in [3.05, 3.63) is 72.3 Å². The molecule has 0 fully saturated rings. The zero-order chi connectivity index (χ0) is 20.3. The summed E-state index contributed by atoms with van der Waals surface area (Å²) in [6, 6.07) is 14.0. The van der Waals surface area contributed by atoms with Gasteiger partial charge in [0.2, 0.25) is 0 Å². The second kappa shape index (κ2) is 7.93.